The number of phenols is 1. The summed E-state index contributed by atoms with van der Waals surface area (Å²) < 4.78 is 0.875. The molecule has 0 aliphatic carbocycles. The molecule has 4 aromatic rings. The average Bonchev–Trinajstić information content (AvgIpc) is 3.29. The molecule has 0 radical (unpaired) electrons. The van der Waals surface area contributed by atoms with Gasteiger partial charge in [0.1, 0.15) is 11.4 Å². The number of hydrogen-bond acceptors (Lipinski definition) is 4. The Kier molecular flexibility index (Phi) is 5.86. The number of phenolic OH excluding ortho intramolecular Hbond substituents is 1. The minimum Gasteiger partial charge on any atom is -0.508 e. The molecule has 2 N–H and O–H groups in total. The largest absolute Gasteiger partial charge is 0.508 e. The van der Waals surface area contributed by atoms with Gasteiger partial charge >= 0.3 is 0 Å². The number of nitrogens with zero attached hydrogens (tertiary/aromatic N) is 2. The predicted molar refractivity (Wildman–Crippen MR) is 141 cm³/mol. The topological polar surface area (TPSA) is 65.7 Å². The molecule has 1 atom stereocenters. The molecule has 0 amide bonds. The van der Waals surface area contributed by atoms with Gasteiger partial charge < -0.3 is 10.2 Å². The Morgan fingerprint density at radius 3 is 2.53 bits per heavy atom. The number of aromatic hydroxyl groups is 1. The first-order chi connectivity index (χ1) is 16.4. The first kappa shape index (κ1) is 22.5. The standard InChI is InChI=1S/C28H20BrClN2O2/c1-17-13-31-16-26(17)28(34,21-7-8-27(29)20(9-21)12-30)22-6-5-19-14-32-15-25(24(19)11-22)18-3-2-4-23(33)10-18/h2-11,13-16,33-34H,1,12H2. The van der Waals surface area contributed by atoms with Crippen LogP contribution < -0.4 is 0 Å². The van der Waals surface area contributed by atoms with Gasteiger partial charge in [-0.25, -0.2) is 0 Å². The van der Waals surface area contributed by atoms with E-state index < -0.39 is 5.60 Å². The highest BCUT2D eigenvalue weighted by Gasteiger charge is 2.38. The van der Waals surface area contributed by atoms with E-state index in [1.54, 1.807) is 43.0 Å². The SMILES string of the molecule is C=C1C=NC=C1C(O)(c1ccc(Br)c(CCl)c1)c1ccc2cncc(-c3cccc(O)c3)c2c1. The lowest BCUT2D eigenvalue weighted by atomic mass is 9.77. The quantitative estimate of drug-likeness (QED) is 0.276. The highest BCUT2D eigenvalue weighted by molar-refractivity contribution is 9.10. The van der Waals surface area contributed by atoms with Crippen molar-refractivity contribution < 1.29 is 10.2 Å². The second-order valence-corrected chi connectivity index (χ2v) is 9.29. The molecular weight excluding hydrogens is 512 g/mol. The van der Waals surface area contributed by atoms with Crippen molar-refractivity contribution in [3.63, 3.8) is 0 Å². The Balaban J connectivity index is 1.77. The molecule has 0 fully saturated rings. The number of hydrogen-bond donors (Lipinski definition) is 2. The Bertz CT molecular complexity index is 1510. The van der Waals surface area contributed by atoms with E-state index in [0.29, 0.717) is 28.2 Å². The molecule has 0 spiro atoms. The van der Waals surface area contributed by atoms with Crippen molar-refractivity contribution in [2.75, 3.05) is 0 Å². The maximum absolute atomic E-state index is 12.4. The fourth-order valence-electron chi connectivity index (χ4n) is 4.35. The van der Waals surface area contributed by atoms with Crippen molar-refractivity contribution in [2.45, 2.75) is 11.5 Å². The number of aliphatic imine (C=N–C) groups is 1. The third-order valence-corrected chi connectivity index (χ3v) is 7.17. The van der Waals surface area contributed by atoms with Crippen LogP contribution in [0.2, 0.25) is 0 Å². The van der Waals surface area contributed by atoms with Crippen molar-refractivity contribution in [2.24, 2.45) is 4.99 Å². The number of pyridine rings is 1. The van der Waals surface area contributed by atoms with E-state index in [9.17, 15) is 10.2 Å². The minimum absolute atomic E-state index is 0.176. The van der Waals surface area contributed by atoms with E-state index >= 15 is 0 Å². The zero-order valence-corrected chi connectivity index (χ0v) is 20.4. The Morgan fingerprint density at radius 1 is 1.00 bits per heavy atom. The number of halogens is 2. The fraction of sp³-hybridized carbons (Fsp3) is 0.0714. The van der Waals surface area contributed by atoms with Gasteiger partial charge in [-0.1, -0.05) is 52.8 Å². The van der Waals surface area contributed by atoms with Crippen LogP contribution in [0, 0.1) is 0 Å². The molecular formula is C28H20BrClN2O2. The molecule has 1 aliphatic heterocycles. The molecule has 1 aliphatic rings. The number of alkyl halides is 1. The zero-order valence-electron chi connectivity index (χ0n) is 18.0. The highest BCUT2D eigenvalue weighted by atomic mass is 79.9. The second-order valence-electron chi connectivity index (χ2n) is 8.17. The van der Waals surface area contributed by atoms with E-state index in [1.165, 1.54) is 0 Å². The van der Waals surface area contributed by atoms with Crippen LogP contribution >= 0.6 is 27.5 Å². The number of fused-ring (bicyclic) bond motifs is 1. The fourth-order valence-corrected chi connectivity index (χ4v) is 5.12. The Morgan fingerprint density at radius 2 is 1.79 bits per heavy atom. The molecule has 2 heterocycles. The third kappa shape index (κ3) is 3.76. The van der Waals surface area contributed by atoms with Gasteiger partial charge in [0.15, 0.2) is 0 Å². The van der Waals surface area contributed by atoms with Crippen LogP contribution in [0.3, 0.4) is 0 Å². The van der Waals surface area contributed by atoms with E-state index in [0.717, 1.165) is 31.9 Å². The summed E-state index contributed by atoms with van der Waals surface area (Å²) in [6, 6.07) is 18.5. The van der Waals surface area contributed by atoms with Crippen LogP contribution in [0.15, 0.2) is 106 Å². The van der Waals surface area contributed by atoms with Crippen LogP contribution in [-0.2, 0) is 11.5 Å². The van der Waals surface area contributed by atoms with Gasteiger partial charge in [-0.15, -0.1) is 11.6 Å². The molecule has 5 rings (SSSR count). The molecule has 0 bridgehead atoms. The van der Waals surface area contributed by atoms with Crippen molar-refractivity contribution in [3.05, 3.63) is 118 Å². The van der Waals surface area contributed by atoms with Gasteiger partial charge in [-0.2, -0.15) is 0 Å². The van der Waals surface area contributed by atoms with E-state index in [2.05, 4.69) is 32.5 Å². The van der Waals surface area contributed by atoms with Gasteiger partial charge in [0.25, 0.3) is 0 Å². The molecule has 34 heavy (non-hydrogen) atoms. The number of aromatic nitrogens is 1. The van der Waals surface area contributed by atoms with Crippen molar-refractivity contribution >= 4 is 44.5 Å². The maximum Gasteiger partial charge on any atom is 0.142 e. The smallest absolute Gasteiger partial charge is 0.142 e. The van der Waals surface area contributed by atoms with Crippen LogP contribution in [0.1, 0.15) is 16.7 Å². The van der Waals surface area contributed by atoms with Gasteiger partial charge in [-0.3, -0.25) is 9.98 Å². The average molecular weight is 532 g/mol. The molecule has 6 heteroatoms. The highest BCUT2D eigenvalue weighted by Crippen LogP contribution is 2.43. The number of benzene rings is 3. The summed E-state index contributed by atoms with van der Waals surface area (Å²) in [6.45, 7) is 4.10. The van der Waals surface area contributed by atoms with E-state index in [1.807, 2.05) is 42.5 Å². The molecule has 1 unspecified atom stereocenters. The van der Waals surface area contributed by atoms with Crippen molar-refractivity contribution in [3.8, 4) is 16.9 Å². The summed E-state index contributed by atoms with van der Waals surface area (Å²) in [7, 11) is 0. The summed E-state index contributed by atoms with van der Waals surface area (Å²) in [6.07, 6.45) is 6.84. The van der Waals surface area contributed by atoms with Gasteiger partial charge in [0.05, 0.1) is 0 Å². The number of rotatable bonds is 5. The lowest BCUT2D eigenvalue weighted by Gasteiger charge is -2.32. The molecule has 4 nitrogen and oxygen atoms in total. The third-order valence-electron chi connectivity index (χ3n) is 6.11. The van der Waals surface area contributed by atoms with Crippen LogP contribution in [0.4, 0.5) is 0 Å². The Hall–Kier alpha value is -3.25. The predicted octanol–water partition coefficient (Wildman–Crippen LogP) is 6.87. The molecule has 0 saturated heterocycles. The van der Waals surface area contributed by atoms with Crippen LogP contribution in [-0.4, -0.2) is 21.4 Å². The molecule has 1 aromatic heterocycles. The molecule has 0 saturated carbocycles. The maximum atomic E-state index is 12.4. The van der Waals surface area contributed by atoms with Crippen LogP contribution in [0.5, 0.6) is 5.75 Å². The van der Waals surface area contributed by atoms with Crippen molar-refractivity contribution in [1.29, 1.82) is 0 Å². The van der Waals surface area contributed by atoms with Crippen molar-refractivity contribution in [1.82, 2.24) is 4.98 Å². The first-order valence-corrected chi connectivity index (χ1v) is 11.9. The zero-order chi connectivity index (χ0) is 23.9. The summed E-state index contributed by atoms with van der Waals surface area (Å²) in [5.74, 6) is 0.474. The first-order valence-electron chi connectivity index (χ1n) is 10.6. The Labute approximate surface area is 210 Å². The second kappa shape index (κ2) is 8.84. The van der Waals surface area contributed by atoms with Gasteiger partial charge in [-0.05, 0) is 63.5 Å². The monoisotopic (exact) mass is 530 g/mol. The summed E-state index contributed by atoms with van der Waals surface area (Å²) in [4.78, 5) is 8.62. The molecule has 3 aromatic carbocycles. The summed E-state index contributed by atoms with van der Waals surface area (Å²) in [5, 5.41) is 24.2. The van der Waals surface area contributed by atoms with Gasteiger partial charge in [0.2, 0.25) is 0 Å². The number of aliphatic hydroxyl groups is 1. The van der Waals surface area contributed by atoms with Crippen LogP contribution in [0.25, 0.3) is 21.9 Å². The van der Waals surface area contributed by atoms with Gasteiger partial charge in [0, 0.05) is 51.7 Å². The lowest BCUT2D eigenvalue weighted by molar-refractivity contribution is 0.124. The summed E-state index contributed by atoms with van der Waals surface area (Å²) >= 11 is 9.70. The minimum atomic E-state index is -1.51. The summed E-state index contributed by atoms with van der Waals surface area (Å²) in [5.41, 5.74) is 3.61. The van der Waals surface area contributed by atoms with E-state index in [-0.39, 0.29) is 5.75 Å². The van der Waals surface area contributed by atoms with E-state index in [4.69, 9.17) is 11.6 Å². The lowest BCUT2D eigenvalue weighted by Crippen LogP contribution is -2.30. The normalized spacial score (nSPS) is 14.9. The molecule has 168 valence electrons.